The van der Waals surface area contributed by atoms with Gasteiger partial charge in [0, 0.05) is 18.2 Å². The van der Waals surface area contributed by atoms with E-state index in [1.165, 1.54) is 12.1 Å². The number of aliphatic imine (C=N–C) groups is 1. The number of nitrogens with two attached hydrogens (primary N) is 1. The predicted octanol–water partition coefficient (Wildman–Crippen LogP) is 4.41. The molecular weight excluding hydrogens is 474 g/mol. The van der Waals surface area contributed by atoms with Gasteiger partial charge in [-0.25, -0.2) is 4.99 Å². The van der Waals surface area contributed by atoms with E-state index in [4.69, 9.17) is 15.2 Å². The molecule has 0 bridgehead atoms. The number of alkyl halides is 3. The van der Waals surface area contributed by atoms with E-state index in [1.54, 1.807) is 18.2 Å². The molecule has 0 fully saturated rings. The van der Waals surface area contributed by atoms with E-state index in [0.717, 1.165) is 18.6 Å². The SMILES string of the molecule is I.NC(=NCc1ccc(C(F)(F)F)cc1)Nc1ccc2c(c1)OCCCO2. The topological polar surface area (TPSA) is 68.9 Å². The molecule has 3 N–H and O–H groups in total. The maximum absolute atomic E-state index is 12.5. The Labute approximate surface area is 171 Å². The highest BCUT2D eigenvalue weighted by Gasteiger charge is 2.29. The summed E-state index contributed by atoms with van der Waals surface area (Å²) in [5.74, 6) is 1.45. The fourth-order valence-electron chi connectivity index (χ4n) is 2.40. The van der Waals surface area contributed by atoms with Gasteiger partial charge >= 0.3 is 6.18 Å². The van der Waals surface area contributed by atoms with Gasteiger partial charge in [0.1, 0.15) is 0 Å². The summed E-state index contributed by atoms with van der Waals surface area (Å²) < 4.78 is 48.8. The van der Waals surface area contributed by atoms with Crippen LogP contribution in [0.2, 0.25) is 0 Å². The van der Waals surface area contributed by atoms with E-state index in [-0.39, 0.29) is 36.5 Å². The second-order valence-corrected chi connectivity index (χ2v) is 5.73. The van der Waals surface area contributed by atoms with Gasteiger partial charge in [-0.2, -0.15) is 13.2 Å². The molecule has 2 aromatic rings. The number of fused-ring (bicyclic) bond motifs is 1. The molecule has 0 radical (unpaired) electrons. The van der Waals surface area contributed by atoms with Crippen LogP contribution in [-0.4, -0.2) is 19.2 Å². The number of rotatable bonds is 3. The molecule has 9 heteroatoms. The van der Waals surface area contributed by atoms with Crippen molar-refractivity contribution in [3.05, 3.63) is 53.6 Å². The third-order valence-corrected chi connectivity index (χ3v) is 3.73. The summed E-state index contributed by atoms with van der Waals surface area (Å²) in [4.78, 5) is 4.14. The predicted molar refractivity (Wildman–Crippen MR) is 108 cm³/mol. The Hall–Kier alpha value is -2.17. The average molecular weight is 493 g/mol. The van der Waals surface area contributed by atoms with Gasteiger partial charge in [-0.15, -0.1) is 24.0 Å². The molecule has 27 heavy (non-hydrogen) atoms. The Morgan fingerprint density at radius 2 is 1.70 bits per heavy atom. The highest BCUT2D eigenvalue weighted by molar-refractivity contribution is 14.0. The van der Waals surface area contributed by atoms with Crippen molar-refractivity contribution in [1.29, 1.82) is 0 Å². The van der Waals surface area contributed by atoms with E-state index < -0.39 is 11.7 Å². The van der Waals surface area contributed by atoms with Gasteiger partial charge in [-0.3, -0.25) is 0 Å². The minimum atomic E-state index is -4.35. The van der Waals surface area contributed by atoms with Crippen molar-refractivity contribution in [2.45, 2.75) is 19.1 Å². The van der Waals surface area contributed by atoms with Gasteiger partial charge in [0.2, 0.25) is 0 Å². The lowest BCUT2D eigenvalue weighted by Gasteiger charge is -2.11. The number of ether oxygens (including phenoxy) is 2. The molecule has 0 saturated carbocycles. The van der Waals surface area contributed by atoms with Crippen molar-refractivity contribution in [3.63, 3.8) is 0 Å². The average Bonchev–Trinajstić information content (AvgIpc) is 2.84. The Morgan fingerprint density at radius 3 is 2.37 bits per heavy atom. The van der Waals surface area contributed by atoms with Crippen LogP contribution in [0.25, 0.3) is 0 Å². The molecule has 5 nitrogen and oxygen atoms in total. The Kier molecular flexibility index (Phi) is 7.17. The van der Waals surface area contributed by atoms with Gasteiger partial charge in [0.05, 0.1) is 25.3 Å². The minimum Gasteiger partial charge on any atom is -0.490 e. The van der Waals surface area contributed by atoms with Gasteiger partial charge in [0.15, 0.2) is 17.5 Å². The first-order valence-corrected chi connectivity index (χ1v) is 8.04. The Morgan fingerprint density at radius 1 is 1.04 bits per heavy atom. The summed E-state index contributed by atoms with van der Waals surface area (Å²) in [7, 11) is 0. The van der Waals surface area contributed by atoms with Crippen LogP contribution >= 0.6 is 24.0 Å². The van der Waals surface area contributed by atoms with Crippen LogP contribution in [0.5, 0.6) is 11.5 Å². The second kappa shape index (κ2) is 9.16. The van der Waals surface area contributed by atoms with Gasteiger partial charge in [-0.05, 0) is 29.8 Å². The highest BCUT2D eigenvalue weighted by atomic mass is 127. The lowest BCUT2D eigenvalue weighted by atomic mass is 10.1. The minimum absolute atomic E-state index is 0. The normalized spacial score (nSPS) is 14.1. The quantitative estimate of drug-likeness (QED) is 0.378. The Balaban J connectivity index is 0.00000261. The molecule has 0 atom stereocenters. The number of halogens is 4. The largest absolute Gasteiger partial charge is 0.490 e. The van der Waals surface area contributed by atoms with E-state index >= 15 is 0 Å². The monoisotopic (exact) mass is 493 g/mol. The molecule has 0 spiro atoms. The molecule has 146 valence electrons. The number of guanidine groups is 1. The maximum atomic E-state index is 12.5. The zero-order chi connectivity index (χ0) is 18.6. The van der Waals surface area contributed by atoms with E-state index in [1.807, 2.05) is 0 Å². The van der Waals surface area contributed by atoms with Crippen molar-refractivity contribution in [2.75, 3.05) is 18.5 Å². The number of nitrogens with one attached hydrogen (secondary N) is 1. The smallest absolute Gasteiger partial charge is 0.416 e. The van der Waals surface area contributed by atoms with Crippen LogP contribution < -0.4 is 20.5 Å². The third-order valence-electron chi connectivity index (χ3n) is 3.73. The van der Waals surface area contributed by atoms with E-state index in [2.05, 4.69) is 10.3 Å². The van der Waals surface area contributed by atoms with Crippen LogP contribution in [0, 0.1) is 0 Å². The first kappa shape index (κ1) is 21.1. The first-order valence-electron chi connectivity index (χ1n) is 8.04. The number of anilines is 1. The van der Waals surface area contributed by atoms with Crippen molar-refractivity contribution in [2.24, 2.45) is 10.7 Å². The van der Waals surface area contributed by atoms with Crippen LogP contribution in [0.3, 0.4) is 0 Å². The summed E-state index contributed by atoms with van der Waals surface area (Å²) in [6.45, 7) is 1.35. The van der Waals surface area contributed by atoms with Crippen LogP contribution in [0.15, 0.2) is 47.5 Å². The number of benzene rings is 2. The molecule has 1 heterocycles. The van der Waals surface area contributed by atoms with Crippen molar-refractivity contribution < 1.29 is 22.6 Å². The summed E-state index contributed by atoms with van der Waals surface area (Å²) in [6, 6.07) is 10.2. The number of hydrogen-bond acceptors (Lipinski definition) is 3. The van der Waals surface area contributed by atoms with Crippen molar-refractivity contribution >= 4 is 35.6 Å². The molecule has 0 amide bonds. The summed E-state index contributed by atoms with van der Waals surface area (Å²) >= 11 is 0. The molecule has 0 aliphatic carbocycles. The summed E-state index contributed by atoms with van der Waals surface area (Å²) in [5.41, 5.74) is 6.46. The lowest BCUT2D eigenvalue weighted by Crippen LogP contribution is -2.22. The molecule has 3 rings (SSSR count). The zero-order valence-electron chi connectivity index (χ0n) is 14.3. The first-order chi connectivity index (χ1) is 12.4. The standard InChI is InChI=1S/C18H18F3N3O2.HI/c19-18(20,21)13-4-2-12(3-5-13)11-23-17(22)24-14-6-7-15-16(10-14)26-9-1-8-25-15;/h2-7,10H,1,8-9,11H2,(H3,22,23,24);1H. The lowest BCUT2D eigenvalue weighted by molar-refractivity contribution is -0.137. The fraction of sp³-hybridized carbons (Fsp3) is 0.278. The molecule has 0 saturated heterocycles. The van der Waals surface area contributed by atoms with E-state index in [0.29, 0.717) is 36.0 Å². The number of nitrogens with zero attached hydrogens (tertiary/aromatic N) is 1. The fourth-order valence-corrected chi connectivity index (χ4v) is 2.40. The van der Waals surface area contributed by atoms with Crippen molar-refractivity contribution in [1.82, 2.24) is 0 Å². The van der Waals surface area contributed by atoms with E-state index in [9.17, 15) is 13.2 Å². The molecule has 1 aliphatic heterocycles. The van der Waals surface area contributed by atoms with Gasteiger partial charge in [0.25, 0.3) is 0 Å². The molecular formula is C18H19F3IN3O2. The van der Waals surface area contributed by atoms with Crippen molar-refractivity contribution in [3.8, 4) is 11.5 Å². The molecule has 0 unspecified atom stereocenters. The molecule has 0 aromatic heterocycles. The maximum Gasteiger partial charge on any atom is 0.416 e. The number of hydrogen-bond donors (Lipinski definition) is 2. The van der Waals surface area contributed by atoms with Crippen LogP contribution in [0.4, 0.5) is 18.9 Å². The van der Waals surface area contributed by atoms with Crippen LogP contribution in [-0.2, 0) is 12.7 Å². The zero-order valence-corrected chi connectivity index (χ0v) is 16.6. The van der Waals surface area contributed by atoms with Crippen LogP contribution in [0.1, 0.15) is 17.5 Å². The molecule has 1 aliphatic rings. The summed E-state index contributed by atoms with van der Waals surface area (Å²) in [6.07, 6.45) is -3.53. The molecule has 2 aromatic carbocycles. The van der Waals surface area contributed by atoms with Gasteiger partial charge < -0.3 is 20.5 Å². The third kappa shape index (κ3) is 5.91. The Bertz CT molecular complexity index is 795. The highest BCUT2D eigenvalue weighted by Crippen LogP contribution is 2.32. The summed E-state index contributed by atoms with van der Waals surface area (Å²) in [5, 5.41) is 2.93. The second-order valence-electron chi connectivity index (χ2n) is 5.73. The van der Waals surface area contributed by atoms with Gasteiger partial charge in [-0.1, -0.05) is 12.1 Å².